The third kappa shape index (κ3) is 5.33. The molecule has 0 atom stereocenters. The third-order valence-corrected chi connectivity index (χ3v) is 6.66. The maximum Gasteiger partial charge on any atom is 0.325 e. The number of hydrogen-bond acceptors (Lipinski definition) is 7. The number of nitrogens with one attached hydrogen (secondary N) is 2. The van der Waals surface area contributed by atoms with Crippen molar-refractivity contribution in [2.75, 3.05) is 34.9 Å². The molecule has 0 aliphatic carbocycles. The van der Waals surface area contributed by atoms with E-state index in [0.29, 0.717) is 20.9 Å². The number of aryl methyl sites for hydroxylation is 1. The fraction of sp³-hybridized carbons (Fsp3) is 0.238. The van der Waals surface area contributed by atoms with Crippen LogP contribution in [0.25, 0.3) is 0 Å². The number of para-hydroxylation sites is 1. The molecule has 2 N–H and O–H groups in total. The first-order valence-corrected chi connectivity index (χ1v) is 11.5. The number of aromatic nitrogens is 2. The Morgan fingerprint density at radius 2 is 1.94 bits per heavy atom. The molecule has 0 saturated heterocycles. The molecule has 3 aromatic rings. The van der Waals surface area contributed by atoms with E-state index in [-0.39, 0.29) is 11.7 Å². The van der Waals surface area contributed by atoms with E-state index >= 15 is 0 Å². The third-order valence-electron chi connectivity index (χ3n) is 4.71. The van der Waals surface area contributed by atoms with E-state index in [1.165, 1.54) is 28.7 Å². The van der Waals surface area contributed by atoms with Crippen LogP contribution in [0.4, 0.5) is 21.3 Å². The van der Waals surface area contributed by atoms with Crippen LogP contribution >= 0.6 is 23.1 Å². The van der Waals surface area contributed by atoms with E-state index in [1.807, 2.05) is 23.1 Å². The molecular weight excluding hydrogens is 434 g/mol. The summed E-state index contributed by atoms with van der Waals surface area (Å²) in [6.07, 6.45) is 1.96. The summed E-state index contributed by atoms with van der Waals surface area (Å²) in [5.41, 5.74) is 2.83. The van der Waals surface area contributed by atoms with Gasteiger partial charge in [-0.3, -0.25) is 10.1 Å². The fourth-order valence-corrected chi connectivity index (χ4v) is 4.87. The molecule has 3 amide bonds. The predicted octanol–water partition coefficient (Wildman–Crippen LogP) is 4.26. The largest absolute Gasteiger partial charge is 0.497 e. The number of rotatable bonds is 6. The molecule has 0 bridgehead atoms. The van der Waals surface area contributed by atoms with Gasteiger partial charge in [0.05, 0.1) is 12.9 Å². The van der Waals surface area contributed by atoms with Crippen LogP contribution in [0.3, 0.4) is 0 Å². The van der Waals surface area contributed by atoms with E-state index in [2.05, 4.69) is 26.9 Å². The summed E-state index contributed by atoms with van der Waals surface area (Å²) in [7, 11) is 1.58. The Morgan fingerprint density at radius 3 is 2.74 bits per heavy atom. The van der Waals surface area contributed by atoms with Crippen molar-refractivity contribution in [3.63, 3.8) is 0 Å². The summed E-state index contributed by atoms with van der Waals surface area (Å²) in [5.74, 6) is 1.01. The van der Waals surface area contributed by atoms with Gasteiger partial charge >= 0.3 is 6.03 Å². The Hall–Kier alpha value is -3.11. The van der Waals surface area contributed by atoms with Crippen LogP contribution in [-0.2, 0) is 11.2 Å². The van der Waals surface area contributed by atoms with Gasteiger partial charge in [0, 0.05) is 17.9 Å². The SMILES string of the molecule is COc1ccc(NC(=O)Nc2nnc(SCC(=O)N3CCCc4ccccc43)s2)cc1. The monoisotopic (exact) mass is 455 g/mol. The summed E-state index contributed by atoms with van der Waals surface area (Å²) >= 11 is 2.55. The van der Waals surface area contributed by atoms with Crippen LogP contribution in [0.5, 0.6) is 5.75 Å². The highest BCUT2D eigenvalue weighted by atomic mass is 32.2. The van der Waals surface area contributed by atoms with Gasteiger partial charge < -0.3 is 15.0 Å². The van der Waals surface area contributed by atoms with Crippen LogP contribution < -0.4 is 20.3 Å². The maximum absolute atomic E-state index is 12.7. The second-order valence-corrected chi connectivity index (χ2v) is 8.95. The van der Waals surface area contributed by atoms with Crippen molar-refractivity contribution in [2.24, 2.45) is 0 Å². The van der Waals surface area contributed by atoms with Gasteiger partial charge in [0.2, 0.25) is 11.0 Å². The van der Waals surface area contributed by atoms with Crippen LogP contribution in [0.2, 0.25) is 0 Å². The zero-order chi connectivity index (χ0) is 21.6. The van der Waals surface area contributed by atoms with E-state index in [9.17, 15) is 9.59 Å². The lowest BCUT2D eigenvalue weighted by molar-refractivity contribution is -0.116. The van der Waals surface area contributed by atoms with Crippen molar-refractivity contribution < 1.29 is 14.3 Å². The molecular formula is C21H21N5O3S2. The number of thioether (sulfide) groups is 1. The number of methoxy groups -OCH3 is 1. The lowest BCUT2D eigenvalue weighted by Gasteiger charge is -2.29. The van der Waals surface area contributed by atoms with Crippen LogP contribution in [0, 0.1) is 0 Å². The topological polar surface area (TPSA) is 96.5 Å². The van der Waals surface area contributed by atoms with Gasteiger partial charge in [0.15, 0.2) is 4.34 Å². The zero-order valence-corrected chi connectivity index (χ0v) is 18.5. The highest BCUT2D eigenvalue weighted by Crippen LogP contribution is 2.30. The smallest absolute Gasteiger partial charge is 0.325 e. The lowest BCUT2D eigenvalue weighted by atomic mass is 10.0. The van der Waals surface area contributed by atoms with E-state index < -0.39 is 6.03 Å². The average molecular weight is 456 g/mol. The normalized spacial score (nSPS) is 12.7. The standard InChI is InChI=1S/C21H21N5O3S2/c1-29-16-10-8-15(9-11-16)22-19(28)23-20-24-25-21(31-20)30-13-18(27)26-12-4-6-14-5-2-3-7-17(14)26/h2-3,5,7-11H,4,6,12-13H2,1H3,(H2,22,23,24,28). The van der Waals surface area contributed by atoms with Crippen LogP contribution in [-0.4, -0.2) is 41.5 Å². The number of carbonyl (C=O) groups excluding carboxylic acids is 2. The molecule has 160 valence electrons. The van der Waals surface area contributed by atoms with Gasteiger partial charge in [-0.25, -0.2) is 4.79 Å². The highest BCUT2D eigenvalue weighted by molar-refractivity contribution is 8.01. The summed E-state index contributed by atoms with van der Waals surface area (Å²) in [6, 6.07) is 14.6. The number of amides is 3. The van der Waals surface area contributed by atoms with Crippen molar-refractivity contribution in [1.29, 1.82) is 0 Å². The van der Waals surface area contributed by atoms with Gasteiger partial charge in [0.1, 0.15) is 5.75 Å². The number of carbonyl (C=O) groups is 2. The van der Waals surface area contributed by atoms with Crippen molar-refractivity contribution >= 4 is 51.5 Å². The van der Waals surface area contributed by atoms with Gasteiger partial charge in [-0.05, 0) is 48.7 Å². The number of urea groups is 1. The van der Waals surface area contributed by atoms with Gasteiger partial charge in [-0.15, -0.1) is 10.2 Å². The second kappa shape index (κ2) is 9.80. The lowest BCUT2D eigenvalue weighted by Crippen LogP contribution is -2.36. The Balaban J connectivity index is 1.29. The number of hydrogen-bond donors (Lipinski definition) is 2. The molecule has 0 fully saturated rings. The Bertz CT molecular complexity index is 1070. The molecule has 1 aliphatic rings. The molecule has 2 heterocycles. The maximum atomic E-state index is 12.7. The Labute approximate surface area is 188 Å². The number of fused-ring (bicyclic) bond motifs is 1. The van der Waals surface area contributed by atoms with Crippen molar-refractivity contribution in [3.05, 3.63) is 54.1 Å². The predicted molar refractivity (Wildman–Crippen MR) is 123 cm³/mol. The summed E-state index contributed by atoms with van der Waals surface area (Å²) in [5, 5.41) is 13.8. The average Bonchev–Trinajstić information content (AvgIpc) is 3.24. The Kier molecular flexibility index (Phi) is 6.68. The van der Waals surface area contributed by atoms with Gasteiger partial charge in [-0.2, -0.15) is 0 Å². The van der Waals surface area contributed by atoms with Gasteiger partial charge in [0.25, 0.3) is 0 Å². The quantitative estimate of drug-likeness (QED) is 0.426. The first kappa shape index (κ1) is 21.1. The first-order valence-electron chi connectivity index (χ1n) is 9.69. The van der Waals surface area contributed by atoms with Crippen LogP contribution in [0.1, 0.15) is 12.0 Å². The summed E-state index contributed by atoms with van der Waals surface area (Å²) in [4.78, 5) is 26.7. The number of nitrogens with zero attached hydrogens (tertiary/aromatic N) is 3. The molecule has 10 heteroatoms. The number of benzene rings is 2. The van der Waals surface area contributed by atoms with Crippen molar-refractivity contribution in [2.45, 2.75) is 17.2 Å². The molecule has 31 heavy (non-hydrogen) atoms. The molecule has 2 aromatic carbocycles. The molecule has 1 aromatic heterocycles. The fourth-order valence-electron chi connectivity index (χ4n) is 3.25. The minimum absolute atomic E-state index is 0.0408. The van der Waals surface area contributed by atoms with Crippen molar-refractivity contribution in [3.8, 4) is 5.75 Å². The molecule has 0 unspecified atom stereocenters. The molecule has 8 nitrogen and oxygen atoms in total. The second-order valence-electron chi connectivity index (χ2n) is 6.75. The van der Waals surface area contributed by atoms with E-state index in [4.69, 9.17) is 4.74 Å². The number of anilines is 3. The molecule has 4 rings (SSSR count). The van der Waals surface area contributed by atoms with Crippen molar-refractivity contribution in [1.82, 2.24) is 10.2 Å². The minimum atomic E-state index is -0.418. The highest BCUT2D eigenvalue weighted by Gasteiger charge is 2.22. The molecule has 0 spiro atoms. The molecule has 0 saturated carbocycles. The van der Waals surface area contributed by atoms with Gasteiger partial charge in [-0.1, -0.05) is 41.3 Å². The van der Waals surface area contributed by atoms with E-state index in [1.54, 1.807) is 31.4 Å². The molecule has 1 aliphatic heterocycles. The van der Waals surface area contributed by atoms with E-state index in [0.717, 1.165) is 25.1 Å². The Morgan fingerprint density at radius 1 is 1.13 bits per heavy atom. The summed E-state index contributed by atoms with van der Waals surface area (Å²) < 4.78 is 5.72. The molecule has 0 radical (unpaired) electrons. The van der Waals surface area contributed by atoms with Crippen LogP contribution in [0.15, 0.2) is 52.9 Å². The summed E-state index contributed by atoms with van der Waals surface area (Å²) in [6.45, 7) is 0.727. The first-order chi connectivity index (χ1) is 15.1. The minimum Gasteiger partial charge on any atom is -0.497 e. The zero-order valence-electron chi connectivity index (χ0n) is 16.8. The number of ether oxygens (including phenoxy) is 1.